The molecule has 0 aromatic heterocycles. The molecule has 1 unspecified atom stereocenters. The summed E-state index contributed by atoms with van der Waals surface area (Å²) in [6.45, 7) is 5.38. The van der Waals surface area contributed by atoms with E-state index in [-0.39, 0.29) is 11.7 Å². The number of para-hydroxylation sites is 1. The molecule has 1 amide bonds. The number of epoxide rings is 1. The molecule has 0 saturated carbocycles. The highest BCUT2D eigenvalue weighted by molar-refractivity contribution is 5.87. The Morgan fingerprint density at radius 2 is 2.12 bits per heavy atom. The second-order valence-corrected chi connectivity index (χ2v) is 4.36. The van der Waals surface area contributed by atoms with Crippen LogP contribution in [0.4, 0.5) is 10.5 Å². The maximum absolute atomic E-state index is 11.9. The normalized spacial score (nSPS) is 22.0. The summed E-state index contributed by atoms with van der Waals surface area (Å²) >= 11 is 0. The molecule has 92 valence electrons. The minimum atomic E-state index is -0.324. The topological polar surface area (TPSA) is 42.1 Å². The fourth-order valence-electron chi connectivity index (χ4n) is 1.62. The quantitative estimate of drug-likeness (QED) is 0.753. The fraction of sp³-hybridized carbons (Fsp3) is 0.462. The van der Waals surface area contributed by atoms with E-state index in [4.69, 9.17) is 9.47 Å². The molecule has 1 fully saturated rings. The van der Waals surface area contributed by atoms with Gasteiger partial charge in [0.25, 0.3) is 0 Å². The Bertz CT molecular complexity index is 387. The zero-order valence-corrected chi connectivity index (χ0v) is 10.2. The zero-order chi connectivity index (χ0) is 12.3. The van der Waals surface area contributed by atoms with E-state index in [9.17, 15) is 4.79 Å². The van der Waals surface area contributed by atoms with Crippen LogP contribution in [0.3, 0.4) is 0 Å². The summed E-state index contributed by atoms with van der Waals surface area (Å²) in [5, 5.41) is 0. The van der Waals surface area contributed by atoms with Crippen LogP contribution in [0.15, 0.2) is 30.3 Å². The first-order valence-corrected chi connectivity index (χ1v) is 5.78. The van der Waals surface area contributed by atoms with Crippen LogP contribution >= 0.6 is 0 Å². The molecule has 0 aliphatic carbocycles. The molecule has 1 atom stereocenters. The van der Waals surface area contributed by atoms with Gasteiger partial charge in [-0.2, -0.15) is 0 Å². The third-order valence-electron chi connectivity index (χ3n) is 2.69. The number of amides is 1. The molecule has 4 nitrogen and oxygen atoms in total. The Balaban J connectivity index is 2.14. The van der Waals surface area contributed by atoms with E-state index in [0.29, 0.717) is 19.8 Å². The molecule has 0 N–H and O–H groups in total. The van der Waals surface area contributed by atoms with Crippen LogP contribution in [-0.2, 0) is 9.47 Å². The monoisotopic (exact) mass is 235 g/mol. The molecule has 0 bridgehead atoms. The number of rotatable bonds is 4. The number of carbonyl (C=O) groups excluding carboxylic acids is 1. The van der Waals surface area contributed by atoms with Gasteiger partial charge in [-0.3, -0.25) is 4.90 Å². The molecular formula is C13H17NO3. The van der Waals surface area contributed by atoms with E-state index in [1.807, 2.05) is 37.3 Å². The van der Waals surface area contributed by atoms with Crippen LogP contribution in [0.2, 0.25) is 0 Å². The molecule has 1 aromatic carbocycles. The van der Waals surface area contributed by atoms with E-state index in [2.05, 4.69) is 0 Å². The zero-order valence-electron chi connectivity index (χ0n) is 10.2. The minimum Gasteiger partial charge on any atom is -0.449 e. The average molecular weight is 235 g/mol. The summed E-state index contributed by atoms with van der Waals surface area (Å²) in [5.74, 6) is 0. The Kier molecular flexibility index (Phi) is 3.33. The summed E-state index contributed by atoms with van der Waals surface area (Å²) in [6, 6.07) is 9.50. The minimum absolute atomic E-state index is 0.220. The van der Waals surface area contributed by atoms with Gasteiger partial charge in [0.1, 0.15) is 5.60 Å². The van der Waals surface area contributed by atoms with Gasteiger partial charge in [-0.15, -0.1) is 0 Å². The van der Waals surface area contributed by atoms with Crippen LogP contribution in [0, 0.1) is 0 Å². The van der Waals surface area contributed by atoms with Crippen molar-refractivity contribution in [2.45, 2.75) is 19.4 Å². The predicted molar refractivity (Wildman–Crippen MR) is 65.2 cm³/mol. The smallest absolute Gasteiger partial charge is 0.414 e. The van der Waals surface area contributed by atoms with Crippen molar-refractivity contribution in [2.24, 2.45) is 0 Å². The maximum Gasteiger partial charge on any atom is 0.414 e. The van der Waals surface area contributed by atoms with Crippen LogP contribution in [0.25, 0.3) is 0 Å². The maximum atomic E-state index is 11.9. The molecule has 1 heterocycles. The van der Waals surface area contributed by atoms with E-state index in [1.165, 1.54) is 0 Å². The van der Waals surface area contributed by atoms with Crippen molar-refractivity contribution < 1.29 is 14.3 Å². The summed E-state index contributed by atoms with van der Waals surface area (Å²) < 4.78 is 10.4. The van der Waals surface area contributed by atoms with Gasteiger partial charge in [-0.25, -0.2) is 4.79 Å². The summed E-state index contributed by atoms with van der Waals surface area (Å²) in [5.41, 5.74) is 0.616. The van der Waals surface area contributed by atoms with Gasteiger partial charge in [0.15, 0.2) is 0 Å². The number of hydrogen-bond acceptors (Lipinski definition) is 3. The summed E-state index contributed by atoms with van der Waals surface area (Å²) in [4.78, 5) is 13.5. The number of nitrogens with zero attached hydrogens (tertiary/aromatic N) is 1. The first-order chi connectivity index (χ1) is 8.14. The molecule has 4 heteroatoms. The molecule has 1 aliphatic rings. The van der Waals surface area contributed by atoms with Crippen LogP contribution in [-0.4, -0.2) is 31.5 Å². The second kappa shape index (κ2) is 4.75. The lowest BCUT2D eigenvalue weighted by molar-refractivity contribution is 0.157. The molecule has 2 rings (SSSR count). The van der Waals surface area contributed by atoms with Crippen LogP contribution < -0.4 is 4.90 Å². The fourth-order valence-corrected chi connectivity index (χ4v) is 1.62. The molecule has 0 spiro atoms. The van der Waals surface area contributed by atoms with Gasteiger partial charge in [0.2, 0.25) is 0 Å². The lowest BCUT2D eigenvalue weighted by Crippen LogP contribution is -2.38. The average Bonchev–Trinajstić information content (AvgIpc) is 3.06. The first kappa shape index (κ1) is 11.9. The Hall–Kier alpha value is -1.55. The van der Waals surface area contributed by atoms with E-state index >= 15 is 0 Å². The summed E-state index contributed by atoms with van der Waals surface area (Å²) in [7, 11) is 0. The standard InChI is InChI=1S/C13H17NO3/c1-3-16-12(15)14(9-13(2)10-17-13)11-7-5-4-6-8-11/h4-8H,3,9-10H2,1-2H3. The Labute approximate surface area is 101 Å². The Morgan fingerprint density at radius 1 is 1.47 bits per heavy atom. The molecule has 0 radical (unpaired) electrons. The first-order valence-electron chi connectivity index (χ1n) is 5.78. The lowest BCUT2D eigenvalue weighted by Gasteiger charge is -2.23. The third kappa shape index (κ3) is 2.97. The van der Waals surface area contributed by atoms with Gasteiger partial charge < -0.3 is 9.47 Å². The molecule has 1 aromatic rings. The van der Waals surface area contributed by atoms with Crippen LogP contribution in [0.1, 0.15) is 13.8 Å². The second-order valence-electron chi connectivity index (χ2n) is 4.36. The Morgan fingerprint density at radius 3 is 2.65 bits per heavy atom. The van der Waals surface area contributed by atoms with Crippen molar-refractivity contribution >= 4 is 11.8 Å². The van der Waals surface area contributed by atoms with Crippen molar-refractivity contribution in [3.63, 3.8) is 0 Å². The lowest BCUT2D eigenvalue weighted by atomic mass is 10.2. The van der Waals surface area contributed by atoms with Gasteiger partial charge in [-0.1, -0.05) is 18.2 Å². The highest BCUT2D eigenvalue weighted by Crippen LogP contribution is 2.29. The van der Waals surface area contributed by atoms with Gasteiger partial charge in [0.05, 0.1) is 19.8 Å². The largest absolute Gasteiger partial charge is 0.449 e. The van der Waals surface area contributed by atoms with Gasteiger partial charge in [-0.05, 0) is 26.0 Å². The van der Waals surface area contributed by atoms with E-state index < -0.39 is 0 Å². The molecule has 1 saturated heterocycles. The number of ether oxygens (including phenoxy) is 2. The van der Waals surface area contributed by atoms with Gasteiger partial charge >= 0.3 is 6.09 Å². The van der Waals surface area contributed by atoms with Crippen molar-refractivity contribution in [1.29, 1.82) is 0 Å². The molecule has 17 heavy (non-hydrogen) atoms. The SMILES string of the molecule is CCOC(=O)N(CC1(C)CO1)c1ccccc1. The van der Waals surface area contributed by atoms with Crippen molar-refractivity contribution in [2.75, 3.05) is 24.7 Å². The van der Waals surface area contributed by atoms with Gasteiger partial charge in [0, 0.05) is 5.69 Å². The molecular weight excluding hydrogens is 218 g/mol. The highest BCUT2D eigenvalue weighted by Gasteiger charge is 2.42. The van der Waals surface area contributed by atoms with Crippen molar-refractivity contribution in [1.82, 2.24) is 0 Å². The third-order valence-corrected chi connectivity index (χ3v) is 2.69. The highest BCUT2D eigenvalue weighted by atomic mass is 16.6. The van der Waals surface area contributed by atoms with Crippen molar-refractivity contribution in [3.05, 3.63) is 30.3 Å². The predicted octanol–water partition coefficient (Wildman–Crippen LogP) is 2.44. The van der Waals surface area contributed by atoms with Crippen LogP contribution in [0.5, 0.6) is 0 Å². The molecule has 1 aliphatic heterocycles. The number of benzene rings is 1. The number of anilines is 1. The number of hydrogen-bond donors (Lipinski definition) is 0. The number of carbonyl (C=O) groups is 1. The summed E-state index contributed by atoms with van der Waals surface area (Å²) in [6.07, 6.45) is -0.324. The van der Waals surface area contributed by atoms with Crippen molar-refractivity contribution in [3.8, 4) is 0 Å². The van der Waals surface area contributed by atoms with E-state index in [0.717, 1.165) is 5.69 Å². The van der Waals surface area contributed by atoms with E-state index in [1.54, 1.807) is 11.8 Å².